The van der Waals surface area contributed by atoms with Crippen molar-refractivity contribution in [3.05, 3.63) is 29.6 Å². The van der Waals surface area contributed by atoms with Crippen LogP contribution in [-0.2, 0) is 4.74 Å². The van der Waals surface area contributed by atoms with Crippen LogP contribution in [0.5, 0.6) is 0 Å². The van der Waals surface area contributed by atoms with E-state index in [2.05, 4.69) is 10.6 Å². The van der Waals surface area contributed by atoms with Crippen LogP contribution in [0.25, 0.3) is 0 Å². The molecule has 1 saturated carbocycles. The molecule has 1 aliphatic rings. The van der Waals surface area contributed by atoms with Gasteiger partial charge in [-0.1, -0.05) is 13.0 Å². The minimum atomic E-state index is -0.397. The Morgan fingerprint density at radius 3 is 2.95 bits per heavy atom. The van der Waals surface area contributed by atoms with Crippen LogP contribution in [0.4, 0.5) is 10.1 Å². The van der Waals surface area contributed by atoms with E-state index in [9.17, 15) is 9.18 Å². The second kappa shape index (κ2) is 7.41. The van der Waals surface area contributed by atoms with E-state index in [1.165, 1.54) is 6.07 Å². The standard InChI is InChI=1S/C16H23FN2O2/c1-3-10-18-15-11(6-4-7-12(15)17)16(20)19-13-8-5-9-14(13)21-2/h4,6-7,13-14,18H,3,5,8-10H2,1-2H3,(H,19,20). The van der Waals surface area contributed by atoms with Crippen LogP contribution in [0.3, 0.4) is 0 Å². The SMILES string of the molecule is CCCNc1c(F)cccc1C(=O)NC1CCCC1OC. The van der Waals surface area contributed by atoms with Gasteiger partial charge in [-0.05, 0) is 37.8 Å². The molecule has 0 saturated heterocycles. The maximum absolute atomic E-state index is 13.9. The van der Waals surface area contributed by atoms with Crippen molar-refractivity contribution >= 4 is 11.6 Å². The fourth-order valence-corrected chi connectivity index (χ4v) is 2.76. The number of halogens is 1. The first kappa shape index (κ1) is 15.8. The molecule has 1 aromatic rings. The van der Waals surface area contributed by atoms with Gasteiger partial charge in [-0.25, -0.2) is 4.39 Å². The maximum Gasteiger partial charge on any atom is 0.253 e. The van der Waals surface area contributed by atoms with Gasteiger partial charge in [0.05, 0.1) is 23.4 Å². The number of benzene rings is 1. The number of rotatable bonds is 6. The quantitative estimate of drug-likeness (QED) is 0.848. The zero-order chi connectivity index (χ0) is 15.2. The summed E-state index contributed by atoms with van der Waals surface area (Å²) in [7, 11) is 1.66. The monoisotopic (exact) mass is 294 g/mol. The smallest absolute Gasteiger partial charge is 0.253 e. The predicted octanol–water partition coefficient (Wildman–Crippen LogP) is 2.94. The van der Waals surface area contributed by atoms with E-state index in [4.69, 9.17) is 4.74 Å². The molecule has 0 radical (unpaired) electrons. The fraction of sp³-hybridized carbons (Fsp3) is 0.562. The van der Waals surface area contributed by atoms with Crippen molar-refractivity contribution in [1.82, 2.24) is 5.32 Å². The average Bonchev–Trinajstić information content (AvgIpc) is 2.92. The average molecular weight is 294 g/mol. The first-order valence-electron chi connectivity index (χ1n) is 7.53. The molecule has 0 bridgehead atoms. The van der Waals surface area contributed by atoms with Crippen LogP contribution in [0, 0.1) is 5.82 Å². The summed E-state index contributed by atoms with van der Waals surface area (Å²) in [5.41, 5.74) is 0.633. The molecular weight excluding hydrogens is 271 g/mol. The Morgan fingerprint density at radius 1 is 1.43 bits per heavy atom. The van der Waals surface area contributed by atoms with E-state index in [-0.39, 0.29) is 23.7 Å². The van der Waals surface area contributed by atoms with Gasteiger partial charge >= 0.3 is 0 Å². The van der Waals surface area contributed by atoms with Gasteiger partial charge in [0, 0.05) is 13.7 Å². The Labute approximate surface area is 125 Å². The third kappa shape index (κ3) is 3.73. The predicted molar refractivity (Wildman–Crippen MR) is 81.1 cm³/mol. The fourth-order valence-electron chi connectivity index (χ4n) is 2.76. The Balaban J connectivity index is 2.13. The maximum atomic E-state index is 13.9. The van der Waals surface area contributed by atoms with E-state index in [0.717, 1.165) is 25.7 Å². The topological polar surface area (TPSA) is 50.4 Å². The Hall–Kier alpha value is -1.62. The largest absolute Gasteiger partial charge is 0.382 e. The van der Waals surface area contributed by atoms with E-state index in [1.807, 2.05) is 6.92 Å². The van der Waals surface area contributed by atoms with Gasteiger partial charge in [0.1, 0.15) is 5.82 Å². The van der Waals surface area contributed by atoms with Gasteiger partial charge in [-0.2, -0.15) is 0 Å². The van der Waals surface area contributed by atoms with Crippen LogP contribution in [0.2, 0.25) is 0 Å². The molecule has 2 unspecified atom stereocenters. The van der Waals surface area contributed by atoms with Crippen LogP contribution in [0.15, 0.2) is 18.2 Å². The molecule has 2 atom stereocenters. The summed E-state index contributed by atoms with van der Waals surface area (Å²) in [5, 5.41) is 5.96. The normalized spacial score (nSPS) is 21.3. The summed E-state index contributed by atoms with van der Waals surface area (Å²) in [5.74, 6) is -0.645. The van der Waals surface area contributed by atoms with Crippen LogP contribution < -0.4 is 10.6 Å². The van der Waals surface area contributed by atoms with Crippen molar-refractivity contribution < 1.29 is 13.9 Å². The number of ether oxygens (including phenoxy) is 1. The summed E-state index contributed by atoms with van der Waals surface area (Å²) >= 11 is 0. The Morgan fingerprint density at radius 2 is 2.24 bits per heavy atom. The lowest BCUT2D eigenvalue weighted by atomic mass is 10.1. The molecule has 1 aliphatic carbocycles. The Kier molecular flexibility index (Phi) is 5.56. The van der Waals surface area contributed by atoms with E-state index in [0.29, 0.717) is 12.1 Å². The number of hydrogen-bond acceptors (Lipinski definition) is 3. The van der Waals surface area contributed by atoms with Gasteiger partial charge in [0.2, 0.25) is 0 Å². The minimum Gasteiger partial charge on any atom is -0.382 e. The number of carbonyl (C=O) groups is 1. The number of nitrogens with one attached hydrogen (secondary N) is 2. The van der Waals surface area contributed by atoms with Crippen molar-refractivity contribution in [2.75, 3.05) is 19.0 Å². The van der Waals surface area contributed by atoms with Crippen LogP contribution in [0.1, 0.15) is 43.0 Å². The third-order valence-corrected chi connectivity index (χ3v) is 3.88. The third-order valence-electron chi connectivity index (χ3n) is 3.88. The molecule has 116 valence electrons. The van der Waals surface area contributed by atoms with Crippen LogP contribution in [-0.4, -0.2) is 31.7 Å². The number of hydrogen-bond donors (Lipinski definition) is 2. The molecule has 21 heavy (non-hydrogen) atoms. The number of amides is 1. The van der Waals surface area contributed by atoms with Gasteiger partial charge in [-0.3, -0.25) is 4.79 Å². The zero-order valence-electron chi connectivity index (χ0n) is 12.6. The number of anilines is 1. The second-order valence-electron chi connectivity index (χ2n) is 5.37. The van der Waals surface area contributed by atoms with Gasteiger partial charge in [-0.15, -0.1) is 0 Å². The van der Waals surface area contributed by atoms with Crippen molar-refractivity contribution in [2.45, 2.75) is 44.8 Å². The summed E-state index contributed by atoms with van der Waals surface area (Å²) < 4.78 is 19.3. The minimum absolute atomic E-state index is 0.00444. The molecule has 1 aromatic carbocycles. The van der Waals surface area contributed by atoms with Gasteiger partial charge in [0.15, 0.2) is 0 Å². The molecule has 2 rings (SSSR count). The summed E-state index contributed by atoms with van der Waals surface area (Å²) in [6, 6.07) is 4.57. The van der Waals surface area contributed by atoms with E-state index >= 15 is 0 Å². The lowest BCUT2D eigenvalue weighted by Crippen LogP contribution is -2.41. The zero-order valence-corrected chi connectivity index (χ0v) is 12.6. The summed E-state index contributed by atoms with van der Waals surface area (Å²) in [6.45, 7) is 2.63. The summed E-state index contributed by atoms with van der Waals surface area (Å²) in [6.07, 6.45) is 3.80. The molecule has 4 nitrogen and oxygen atoms in total. The highest BCUT2D eigenvalue weighted by Crippen LogP contribution is 2.24. The second-order valence-corrected chi connectivity index (χ2v) is 5.37. The number of methoxy groups -OCH3 is 1. The molecular formula is C16H23FN2O2. The van der Waals surface area contributed by atoms with Gasteiger partial charge in [0.25, 0.3) is 5.91 Å². The highest BCUT2D eigenvalue weighted by molar-refractivity contribution is 5.99. The number of carbonyl (C=O) groups excluding carboxylic acids is 1. The Bertz CT molecular complexity index is 493. The number of para-hydroxylation sites is 1. The highest BCUT2D eigenvalue weighted by atomic mass is 19.1. The highest BCUT2D eigenvalue weighted by Gasteiger charge is 2.29. The first-order valence-corrected chi connectivity index (χ1v) is 7.53. The molecule has 0 aliphatic heterocycles. The summed E-state index contributed by atoms with van der Waals surface area (Å²) in [4.78, 5) is 12.4. The van der Waals surface area contributed by atoms with Crippen molar-refractivity contribution in [3.8, 4) is 0 Å². The lowest BCUT2D eigenvalue weighted by molar-refractivity contribution is 0.0722. The first-order chi connectivity index (χ1) is 10.2. The molecule has 2 N–H and O–H groups in total. The molecule has 1 amide bonds. The van der Waals surface area contributed by atoms with Crippen LogP contribution >= 0.6 is 0 Å². The molecule has 0 heterocycles. The van der Waals surface area contributed by atoms with Crippen molar-refractivity contribution in [1.29, 1.82) is 0 Å². The van der Waals surface area contributed by atoms with E-state index < -0.39 is 5.82 Å². The van der Waals surface area contributed by atoms with Gasteiger partial charge < -0.3 is 15.4 Å². The van der Waals surface area contributed by atoms with Crippen molar-refractivity contribution in [2.24, 2.45) is 0 Å². The van der Waals surface area contributed by atoms with Crippen molar-refractivity contribution in [3.63, 3.8) is 0 Å². The van der Waals surface area contributed by atoms with E-state index in [1.54, 1.807) is 19.2 Å². The molecule has 0 aromatic heterocycles. The molecule has 1 fully saturated rings. The molecule has 0 spiro atoms. The lowest BCUT2D eigenvalue weighted by Gasteiger charge is -2.20. The molecule has 5 heteroatoms.